The second kappa shape index (κ2) is 6.40. The number of benzene rings is 2. The fourth-order valence-electron chi connectivity index (χ4n) is 3.06. The van der Waals surface area contributed by atoms with Gasteiger partial charge >= 0.3 is 0 Å². The van der Waals surface area contributed by atoms with Crippen LogP contribution in [0.25, 0.3) is 22.5 Å². The standard InChI is InChI=1S/C21H20N4/c1-16-13-17(2)24(22-16)15-25-21(19-11-7-4-8-12-19)14-20(23-25)18-9-5-3-6-10-18/h3-14H,15H2,1-2H3. The number of nitrogens with zero attached hydrogens (tertiary/aromatic N) is 4. The highest BCUT2D eigenvalue weighted by Gasteiger charge is 2.13. The summed E-state index contributed by atoms with van der Waals surface area (Å²) in [5.41, 5.74) is 6.49. The van der Waals surface area contributed by atoms with E-state index in [1.54, 1.807) is 0 Å². The van der Waals surface area contributed by atoms with Crippen molar-refractivity contribution in [2.45, 2.75) is 20.5 Å². The molecule has 0 amide bonds. The lowest BCUT2D eigenvalue weighted by Crippen LogP contribution is -2.13. The molecule has 0 aliphatic carbocycles. The van der Waals surface area contributed by atoms with Gasteiger partial charge in [-0.25, -0.2) is 9.36 Å². The minimum absolute atomic E-state index is 0.594. The van der Waals surface area contributed by atoms with E-state index in [2.05, 4.69) is 60.6 Å². The summed E-state index contributed by atoms with van der Waals surface area (Å²) in [7, 11) is 0. The maximum Gasteiger partial charge on any atom is 0.134 e. The Morgan fingerprint density at radius 2 is 1.36 bits per heavy atom. The molecule has 0 aliphatic rings. The Morgan fingerprint density at radius 1 is 0.720 bits per heavy atom. The van der Waals surface area contributed by atoms with Crippen LogP contribution in [0.2, 0.25) is 0 Å². The number of rotatable bonds is 4. The zero-order valence-corrected chi connectivity index (χ0v) is 14.4. The lowest BCUT2D eigenvalue weighted by Gasteiger charge is -2.09. The van der Waals surface area contributed by atoms with Crippen molar-refractivity contribution in [3.05, 3.63) is 84.2 Å². The number of hydrogen-bond donors (Lipinski definition) is 0. The van der Waals surface area contributed by atoms with Crippen molar-refractivity contribution in [3.8, 4) is 22.5 Å². The summed E-state index contributed by atoms with van der Waals surface area (Å²) in [5, 5.41) is 9.44. The van der Waals surface area contributed by atoms with E-state index in [1.807, 2.05) is 40.6 Å². The molecule has 0 radical (unpaired) electrons. The Bertz CT molecular complexity index is 981. The molecule has 25 heavy (non-hydrogen) atoms. The van der Waals surface area contributed by atoms with Crippen LogP contribution in [0.15, 0.2) is 72.8 Å². The predicted molar refractivity (Wildman–Crippen MR) is 100 cm³/mol. The van der Waals surface area contributed by atoms with E-state index < -0.39 is 0 Å². The van der Waals surface area contributed by atoms with Crippen LogP contribution >= 0.6 is 0 Å². The summed E-state index contributed by atoms with van der Waals surface area (Å²) in [6.07, 6.45) is 0. The van der Waals surface area contributed by atoms with Crippen molar-refractivity contribution in [3.63, 3.8) is 0 Å². The first kappa shape index (κ1) is 15.4. The van der Waals surface area contributed by atoms with E-state index in [9.17, 15) is 0 Å². The van der Waals surface area contributed by atoms with E-state index in [0.29, 0.717) is 6.67 Å². The largest absolute Gasteiger partial charge is 0.248 e. The van der Waals surface area contributed by atoms with Gasteiger partial charge in [-0.05, 0) is 31.5 Å². The third-order valence-electron chi connectivity index (χ3n) is 4.29. The maximum atomic E-state index is 4.86. The molecule has 0 saturated heterocycles. The number of aromatic nitrogens is 4. The van der Waals surface area contributed by atoms with E-state index in [-0.39, 0.29) is 0 Å². The topological polar surface area (TPSA) is 35.6 Å². The molecule has 0 aliphatic heterocycles. The fourth-order valence-corrected chi connectivity index (χ4v) is 3.06. The normalized spacial score (nSPS) is 11.0. The van der Waals surface area contributed by atoms with E-state index in [4.69, 9.17) is 5.10 Å². The molecule has 4 nitrogen and oxygen atoms in total. The molecular formula is C21H20N4. The lowest BCUT2D eigenvalue weighted by molar-refractivity contribution is 0.496. The van der Waals surface area contributed by atoms with Gasteiger partial charge in [0, 0.05) is 11.3 Å². The molecule has 124 valence electrons. The second-order valence-electron chi connectivity index (χ2n) is 6.21. The molecule has 0 saturated carbocycles. The van der Waals surface area contributed by atoms with Gasteiger partial charge in [0.25, 0.3) is 0 Å². The van der Waals surface area contributed by atoms with Crippen LogP contribution in [-0.4, -0.2) is 19.6 Å². The lowest BCUT2D eigenvalue weighted by atomic mass is 10.1. The monoisotopic (exact) mass is 328 g/mol. The molecule has 2 aromatic heterocycles. The quantitative estimate of drug-likeness (QED) is 0.551. The van der Waals surface area contributed by atoms with E-state index in [1.165, 1.54) is 0 Å². The molecule has 0 bridgehead atoms. The van der Waals surface area contributed by atoms with Crippen LogP contribution in [0.3, 0.4) is 0 Å². The van der Waals surface area contributed by atoms with Crippen LogP contribution in [0.5, 0.6) is 0 Å². The number of aryl methyl sites for hydroxylation is 2. The Hall–Kier alpha value is -3.14. The molecule has 4 aromatic rings. The van der Waals surface area contributed by atoms with Gasteiger partial charge in [0.1, 0.15) is 6.67 Å². The summed E-state index contributed by atoms with van der Waals surface area (Å²) in [4.78, 5) is 0. The van der Waals surface area contributed by atoms with Crippen LogP contribution in [-0.2, 0) is 6.67 Å². The molecule has 2 heterocycles. The molecule has 0 spiro atoms. The predicted octanol–water partition coefficient (Wildman–Crippen LogP) is 4.54. The molecule has 0 unspecified atom stereocenters. The van der Waals surface area contributed by atoms with Crippen LogP contribution in [0.4, 0.5) is 0 Å². The minimum atomic E-state index is 0.594. The first-order chi connectivity index (χ1) is 12.2. The van der Waals surface area contributed by atoms with Gasteiger partial charge in [-0.3, -0.25) is 0 Å². The van der Waals surface area contributed by atoms with Gasteiger partial charge in [-0.15, -0.1) is 0 Å². The molecule has 4 heteroatoms. The van der Waals surface area contributed by atoms with Crippen LogP contribution in [0.1, 0.15) is 11.4 Å². The summed E-state index contributed by atoms with van der Waals surface area (Å²) in [5.74, 6) is 0. The molecule has 2 aromatic carbocycles. The Labute approximate surface area is 147 Å². The van der Waals surface area contributed by atoms with E-state index in [0.717, 1.165) is 33.9 Å². The van der Waals surface area contributed by atoms with Gasteiger partial charge < -0.3 is 0 Å². The first-order valence-electron chi connectivity index (χ1n) is 8.40. The van der Waals surface area contributed by atoms with Crippen LogP contribution < -0.4 is 0 Å². The van der Waals surface area contributed by atoms with Crippen molar-refractivity contribution in [2.24, 2.45) is 0 Å². The molecular weight excluding hydrogens is 308 g/mol. The average Bonchev–Trinajstić information content (AvgIpc) is 3.20. The zero-order chi connectivity index (χ0) is 17.2. The maximum absolute atomic E-state index is 4.86. The van der Waals surface area contributed by atoms with Crippen molar-refractivity contribution in [2.75, 3.05) is 0 Å². The SMILES string of the molecule is Cc1cc(C)n(Cn2nc(-c3ccccc3)cc2-c2ccccc2)n1. The Balaban J connectivity index is 1.81. The Kier molecular flexibility index (Phi) is 3.94. The average molecular weight is 328 g/mol. The van der Waals surface area contributed by atoms with Crippen molar-refractivity contribution in [1.29, 1.82) is 0 Å². The van der Waals surface area contributed by atoms with Crippen LogP contribution in [0, 0.1) is 13.8 Å². The van der Waals surface area contributed by atoms with Crippen molar-refractivity contribution in [1.82, 2.24) is 19.6 Å². The van der Waals surface area contributed by atoms with E-state index >= 15 is 0 Å². The zero-order valence-electron chi connectivity index (χ0n) is 14.4. The summed E-state index contributed by atoms with van der Waals surface area (Å²) in [6.45, 7) is 4.68. The summed E-state index contributed by atoms with van der Waals surface area (Å²) in [6, 6.07) is 24.9. The minimum Gasteiger partial charge on any atom is -0.248 e. The molecule has 0 N–H and O–H groups in total. The fraction of sp³-hybridized carbons (Fsp3) is 0.143. The number of hydrogen-bond acceptors (Lipinski definition) is 2. The van der Waals surface area contributed by atoms with Gasteiger partial charge in [-0.1, -0.05) is 60.7 Å². The first-order valence-corrected chi connectivity index (χ1v) is 8.40. The molecule has 0 atom stereocenters. The molecule has 0 fully saturated rings. The highest BCUT2D eigenvalue weighted by molar-refractivity contribution is 5.68. The smallest absolute Gasteiger partial charge is 0.134 e. The molecule has 4 rings (SSSR count). The van der Waals surface area contributed by atoms with Gasteiger partial charge in [0.2, 0.25) is 0 Å². The summed E-state index contributed by atoms with van der Waals surface area (Å²) < 4.78 is 4.01. The van der Waals surface area contributed by atoms with Crippen molar-refractivity contribution < 1.29 is 0 Å². The third-order valence-corrected chi connectivity index (χ3v) is 4.29. The third kappa shape index (κ3) is 3.11. The second-order valence-corrected chi connectivity index (χ2v) is 6.21. The highest BCUT2D eigenvalue weighted by Crippen LogP contribution is 2.26. The highest BCUT2D eigenvalue weighted by atomic mass is 15.4. The van der Waals surface area contributed by atoms with Gasteiger partial charge in [-0.2, -0.15) is 10.2 Å². The van der Waals surface area contributed by atoms with Crippen molar-refractivity contribution >= 4 is 0 Å². The Morgan fingerprint density at radius 3 is 1.96 bits per heavy atom. The summed E-state index contributed by atoms with van der Waals surface area (Å²) >= 11 is 0. The van der Waals surface area contributed by atoms with Gasteiger partial charge in [0.05, 0.1) is 17.1 Å². The van der Waals surface area contributed by atoms with Gasteiger partial charge in [0.15, 0.2) is 0 Å².